The van der Waals surface area contributed by atoms with Gasteiger partial charge in [-0.25, -0.2) is 0 Å². The number of hydrogen-bond acceptors (Lipinski definition) is 5. The van der Waals surface area contributed by atoms with Gasteiger partial charge in [-0.15, -0.1) is 11.8 Å². The number of carbonyl (C=O) groups excluding carboxylic acids is 1. The van der Waals surface area contributed by atoms with E-state index in [0.29, 0.717) is 11.7 Å². The largest absolute Gasteiger partial charge is 0.346 e. The van der Waals surface area contributed by atoms with E-state index in [4.69, 9.17) is 4.52 Å². The van der Waals surface area contributed by atoms with E-state index in [-0.39, 0.29) is 17.7 Å². The molecule has 5 nitrogen and oxygen atoms in total. The number of hydrogen-bond donors (Lipinski definition) is 1. The Morgan fingerprint density at radius 1 is 1.15 bits per heavy atom. The molecule has 0 spiro atoms. The molecule has 0 aliphatic carbocycles. The van der Waals surface area contributed by atoms with Crippen LogP contribution in [-0.4, -0.2) is 21.3 Å². The Balaban J connectivity index is 1.55. The second kappa shape index (κ2) is 8.19. The van der Waals surface area contributed by atoms with Crippen molar-refractivity contribution in [1.29, 1.82) is 0 Å². The molecule has 1 aromatic heterocycles. The van der Waals surface area contributed by atoms with Gasteiger partial charge in [0.1, 0.15) is 0 Å². The van der Waals surface area contributed by atoms with E-state index >= 15 is 0 Å². The molecule has 6 heteroatoms. The highest BCUT2D eigenvalue weighted by molar-refractivity contribution is 8.00. The zero-order valence-electron chi connectivity index (χ0n) is 15.0. The number of aryl methyl sites for hydroxylation is 2. The topological polar surface area (TPSA) is 68.0 Å². The van der Waals surface area contributed by atoms with E-state index in [0.717, 1.165) is 16.0 Å². The summed E-state index contributed by atoms with van der Waals surface area (Å²) < 4.78 is 5.24. The highest BCUT2D eigenvalue weighted by Gasteiger charge is 2.16. The lowest BCUT2D eigenvalue weighted by Crippen LogP contribution is -2.30. The molecule has 134 valence electrons. The van der Waals surface area contributed by atoms with Gasteiger partial charge in [0.2, 0.25) is 17.6 Å². The number of rotatable bonds is 6. The van der Waals surface area contributed by atoms with Gasteiger partial charge in [-0.05, 0) is 39.0 Å². The van der Waals surface area contributed by atoms with Gasteiger partial charge >= 0.3 is 0 Å². The van der Waals surface area contributed by atoms with Gasteiger partial charge in [-0.2, -0.15) is 4.98 Å². The van der Waals surface area contributed by atoms with E-state index in [2.05, 4.69) is 15.5 Å². The van der Waals surface area contributed by atoms with Crippen LogP contribution in [0, 0.1) is 13.8 Å². The number of carbonyl (C=O) groups is 1. The lowest BCUT2D eigenvalue weighted by atomic mass is 10.1. The van der Waals surface area contributed by atoms with Crippen LogP contribution in [0.4, 0.5) is 0 Å². The minimum Gasteiger partial charge on any atom is -0.346 e. The van der Waals surface area contributed by atoms with Crippen LogP contribution in [0.5, 0.6) is 0 Å². The molecule has 0 unspecified atom stereocenters. The van der Waals surface area contributed by atoms with Gasteiger partial charge in [0.25, 0.3) is 0 Å². The first kappa shape index (κ1) is 18.2. The molecule has 0 radical (unpaired) electrons. The van der Waals surface area contributed by atoms with Crippen molar-refractivity contribution in [2.24, 2.45) is 0 Å². The molecular weight excluding hydrogens is 346 g/mol. The normalized spacial score (nSPS) is 12.0. The van der Waals surface area contributed by atoms with Gasteiger partial charge < -0.3 is 9.84 Å². The average Bonchev–Trinajstić information content (AvgIpc) is 3.10. The van der Waals surface area contributed by atoms with Gasteiger partial charge in [-0.1, -0.05) is 46.6 Å². The number of aromatic nitrogens is 2. The summed E-state index contributed by atoms with van der Waals surface area (Å²) in [7, 11) is 0. The Bertz CT molecular complexity index is 890. The first-order valence-corrected chi connectivity index (χ1v) is 9.30. The van der Waals surface area contributed by atoms with Crippen molar-refractivity contribution < 1.29 is 9.32 Å². The Kier molecular flexibility index (Phi) is 5.73. The molecular formula is C20H21N3O2S. The van der Waals surface area contributed by atoms with Gasteiger partial charge in [-0.3, -0.25) is 4.79 Å². The third-order valence-corrected chi connectivity index (χ3v) is 4.97. The summed E-state index contributed by atoms with van der Waals surface area (Å²) in [5.74, 6) is 0.855. The van der Waals surface area contributed by atoms with Crippen LogP contribution in [0.1, 0.15) is 23.9 Å². The van der Waals surface area contributed by atoms with Crippen LogP contribution in [0.15, 0.2) is 57.9 Å². The summed E-state index contributed by atoms with van der Waals surface area (Å²) in [6, 6.07) is 16.0. The van der Waals surface area contributed by atoms with Crippen molar-refractivity contribution in [2.45, 2.75) is 37.5 Å². The number of thioether (sulfide) groups is 1. The lowest BCUT2D eigenvalue weighted by molar-refractivity contribution is -0.120. The minimum absolute atomic E-state index is 0.0640. The van der Waals surface area contributed by atoms with Gasteiger partial charge in [0.05, 0.1) is 11.8 Å². The van der Waals surface area contributed by atoms with Crippen molar-refractivity contribution in [1.82, 2.24) is 15.5 Å². The third kappa shape index (κ3) is 4.73. The summed E-state index contributed by atoms with van der Waals surface area (Å²) in [6.45, 7) is 6.15. The van der Waals surface area contributed by atoms with Gasteiger partial charge in [0.15, 0.2) is 0 Å². The summed E-state index contributed by atoms with van der Waals surface area (Å²) in [4.78, 5) is 17.7. The van der Waals surface area contributed by atoms with Crippen LogP contribution in [0.3, 0.4) is 0 Å². The Labute approximate surface area is 157 Å². The highest BCUT2D eigenvalue weighted by atomic mass is 32.2. The minimum atomic E-state index is -0.211. The molecule has 0 saturated heterocycles. The second-order valence-corrected chi connectivity index (χ2v) is 7.59. The molecule has 26 heavy (non-hydrogen) atoms. The molecule has 0 bridgehead atoms. The molecule has 3 aromatic rings. The molecule has 0 fully saturated rings. The molecule has 0 saturated carbocycles. The second-order valence-electron chi connectivity index (χ2n) is 6.17. The fraction of sp³-hybridized carbons (Fsp3) is 0.250. The fourth-order valence-corrected chi connectivity index (χ4v) is 3.30. The number of amides is 1. The molecule has 0 aliphatic heterocycles. The van der Waals surface area contributed by atoms with Crippen LogP contribution in [0.2, 0.25) is 0 Å². The first-order valence-electron chi connectivity index (χ1n) is 8.42. The Morgan fingerprint density at radius 3 is 2.65 bits per heavy atom. The maximum absolute atomic E-state index is 12.3. The lowest BCUT2D eigenvalue weighted by Gasteiger charge is -2.10. The van der Waals surface area contributed by atoms with Crippen LogP contribution in [0.25, 0.3) is 11.4 Å². The maximum atomic E-state index is 12.3. The van der Waals surface area contributed by atoms with E-state index in [1.54, 1.807) is 0 Å². The van der Waals surface area contributed by atoms with E-state index in [1.807, 2.05) is 69.3 Å². The Morgan fingerprint density at radius 2 is 1.92 bits per heavy atom. The van der Waals surface area contributed by atoms with Crippen molar-refractivity contribution in [3.05, 3.63) is 65.5 Å². The van der Waals surface area contributed by atoms with Crippen LogP contribution < -0.4 is 5.32 Å². The fourth-order valence-electron chi connectivity index (χ4n) is 2.41. The molecule has 3 rings (SSSR count). The monoisotopic (exact) mass is 367 g/mol. The smallest absolute Gasteiger partial charge is 0.246 e. The summed E-state index contributed by atoms with van der Waals surface area (Å²) in [5, 5.41) is 6.62. The van der Waals surface area contributed by atoms with Crippen molar-refractivity contribution in [3.8, 4) is 11.4 Å². The van der Waals surface area contributed by atoms with E-state index in [9.17, 15) is 4.79 Å². The quantitative estimate of drug-likeness (QED) is 0.663. The summed E-state index contributed by atoms with van der Waals surface area (Å²) in [5.41, 5.74) is 3.23. The molecule has 1 heterocycles. The zero-order valence-corrected chi connectivity index (χ0v) is 15.8. The first-order chi connectivity index (χ1) is 12.5. The standard InChI is InChI=1S/C20H21N3O2S/c1-13-7-9-17(10-8-13)26-15(3)20(24)21-12-18-22-19(23-25-18)16-6-4-5-14(2)11-16/h4-11,15H,12H2,1-3H3,(H,21,24)/t15-/m1/s1. The predicted octanol–water partition coefficient (Wildman–Crippen LogP) is 4.15. The van der Waals surface area contributed by atoms with E-state index in [1.165, 1.54) is 17.3 Å². The summed E-state index contributed by atoms with van der Waals surface area (Å²) in [6.07, 6.45) is 0. The zero-order chi connectivity index (χ0) is 18.5. The number of nitrogens with one attached hydrogen (secondary N) is 1. The van der Waals surface area contributed by atoms with Crippen molar-refractivity contribution in [3.63, 3.8) is 0 Å². The average molecular weight is 367 g/mol. The van der Waals surface area contributed by atoms with E-state index < -0.39 is 0 Å². The molecule has 2 aromatic carbocycles. The van der Waals surface area contributed by atoms with Crippen LogP contribution in [-0.2, 0) is 11.3 Å². The SMILES string of the molecule is Cc1ccc(S[C@H](C)C(=O)NCc2nc(-c3cccc(C)c3)no2)cc1. The van der Waals surface area contributed by atoms with Crippen molar-refractivity contribution in [2.75, 3.05) is 0 Å². The molecule has 1 amide bonds. The molecule has 0 aliphatic rings. The van der Waals surface area contributed by atoms with Gasteiger partial charge in [0, 0.05) is 10.5 Å². The molecule has 1 N–H and O–H groups in total. The number of nitrogens with zero attached hydrogens (tertiary/aromatic N) is 2. The highest BCUT2D eigenvalue weighted by Crippen LogP contribution is 2.23. The Hall–Kier alpha value is -2.60. The third-order valence-electron chi connectivity index (χ3n) is 3.86. The molecule has 1 atom stereocenters. The maximum Gasteiger partial charge on any atom is 0.246 e. The predicted molar refractivity (Wildman–Crippen MR) is 103 cm³/mol. The number of benzene rings is 2. The summed E-state index contributed by atoms with van der Waals surface area (Å²) >= 11 is 1.52. The van der Waals surface area contributed by atoms with Crippen molar-refractivity contribution >= 4 is 17.7 Å². The van der Waals surface area contributed by atoms with Crippen LogP contribution >= 0.6 is 11.8 Å².